The van der Waals surface area contributed by atoms with Gasteiger partial charge in [-0.15, -0.1) is 0 Å². The van der Waals surface area contributed by atoms with Gasteiger partial charge in [-0.1, -0.05) is 17.7 Å². The number of nitrogens with one attached hydrogen (secondary N) is 1. The van der Waals surface area contributed by atoms with Crippen molar-refractivity contribution in [1.29, 1.82) is 0 Å². The summed E-state index contributed by atoms with van der Waals surface area (Å²) in [6, 6.07) is 14.4. The van der Waals surface area contributed by atoms with E-state index in [0.717, 1.165) is 11.1 Å². The summed E-state index contributed by atoms with van der Waals surface area (Å²) in [6.45, 7) is 3.86. The Bertz CT molecular complexity index is 1040. The highest BCUT2D eigenvalue weighted by Crippen LogP contribution is 2.20. The maximum absolute atomic E-state index is 12.3. The van der Waals surface area contributed by atoms with Gasteiger partial charge in [0, 0.05) is 0 Å². The van der Waals surface area contributed by atoms with Gasteiger partial charge in [0.05, 0.1) is 23.3 Å². The largest absolute Gasteiger partial charge is 0.468 e. The third-order valence-corrected chi connectivity index (χ3v) is 5.37. The minimum atomic E-state index is -3.71. The lowest BCUT2D eigenvalue weighted by Crippen LogP contribution is -2.23. The van der Waals surface area contributed by atoms with Crippen LogP contribution in [-0.4, -0.2) is 14.4 Å². The van der Waals surface area contributed by atoms with E-state index < -0.39 is 16.0 Å². The van der Waals surface area contributed by atoms with Gasteiger partial charge in [-0.05, 0) is 61.9 Å². The normalized spacial score (nSPS) is 11.3. The first kappa shape index (κ1) is 18.9. The van der Waals surface area contributed by atoms with E-state index in [9.17, 15) is 13.2 Å². The third-order valence-electron chi connectivity index (χ3n) is 3.95. The number of carbonyl (C=O) groups is 1. The zero-order valence-corrected chi connectivity index (χ0v) is 15.7. The summed E-state index contributed by atoms with van der Waals surface area (Å²) in [5, 5.41) is 0. The van der Waals surface area contributed by atoms with Crippen LogP contribution < -0.4 is 9.46 Å². The average molecular weight is 385 g/mol. The Morgan fingerprint density at radius 1 is 1.07 bits per heavy atom. The summed E-state index contributed by atoms with van der Waals surface area (Å²) in [7, 11) is -3.71. The number of aryl methyl sites for hydroxylation is 2. The minimum absolute atomic E-state index is 0.0474. The van der Waals surface area contributed by atoms with Crippen LogP contribution in [0.15, 0.2) is 70.2 Å². The molecule has 1 heterocycles. The smallest absolute Gasteiger partial charge is 0.343 e. The Morgan fingerprint density at radius 2 is 1.81 bits per heavy atom. The van der Waals surface area contributed by atoms with Crippen LogP contribution in [0, 0.1) is 13.8 Å². The van der Waals surface area contributed by atoms with Gasteiger partial charge in [-0.3, -0.25) is 0 Å². The molecule has 0 saturated carbocycles. The monoisotopic (exact) mass is 385 g/mol. The number of hydrogen-bond acceptors (Lipinski definition) is 5. The van der Waals surface area contributed by atoms with E-state index >= 15 is 0 Å². The lowest BCUT2D eigenvalue weighted by atomic mass is 10.1. The average Bonchev–Trinajstić information content (AvgIpc) is 3.16. The maximum Gasteiger partial charge on any atom is 0.343 e. The molecule has 0 fully saturated rings. The molecule has 1 N–H and O–H groups in total. The number of rotatable bonds is 6. The zero-order chi connectivity index (χ0) is 19.4. The highest BCUT2D eigenvalue weighted by Gasteiger charge is 2.16. The molecule has 3 aromatic rings. The molecule has 6 nitrogen and oxygen atoms in total. The molecule has 0 bridgehead atoms. The number of esters is 1. The number of carbonyl (C=O) groups excluding carboxylic acids is 1. The fourth-order valence-electron chi connectivity index (χ4n) is 2.51. The van der Waals surface area contributed by atoms with Crippen molar-refractivity contribution in [2.24, 2.45) is 0 Å². The van der Waals surface area contributed by atoms with Crippen molar-refractivity contribution in [3.8, 4) is 5.75 Å². The summed E-state index contributed by atoms with van der Waals surface area (Å²) in [5.41, 5.74) is 2.19. The van der Waals surface area contributed by atoms with E-state index in [1.165, 1.54) is 30.5 Å². The Hall–Kier alpha value is -2.90. The van der Waals surface area contributed by atoms with E-state index in [1.807, 2.05) is 26.0 Å². The Balaban J connectivity index is 1.69. The van der Waals surface area contributed by atoms with E-state index in [1.54, 1.807) is 18.2 Å². The van der Waals surface area contributed by atoms with Gasteiger partial charge in [0.25, 0.3) is 0 Å². The van der Waals surface area contributed by atoms with Crippen molar-refractivity contribution < 1.29 is 22.4 Å². The van der Waals surface area contributed by atoms with Gasteiger partial charge in [-0.25, -0.2) is 17.9 Å². The van der Waals surface area contributed by atoms with Crippen molar-refractivity contribution >= 4 is 16.0 Å². The van der Waals surface area contributed by atoms with Gasteiger partial charge >= 0.3 is 5.97 Å². The Kier molecular flexibility index (Phi) is 5.43. The highest BCUT2D eigenvalue weighted by atomic mass is 32.2. The molecule has 0 atom stereocenters. The molecule has 2 aromatic carbocycles. The molecule has 0 aliphatic rings. The first-order chi connectivity index (χ1) is 12.8. The zero-order valence-electron chi connectivity index (χ0n) is 14.9. The van der Waals surface area contributed by atoms with Crippen molar-refractivity contribution in [1.82, 2.24) is 4.72 Å². The van der Waals surface area contributed by atoms with Crippen molar-refractivity contribution in [3.05, 3.63) is 83.3 Å². The maximum atomic E-state index is 12.3. The molecule has 0 radical (unpaired) electrons. The second kappa shape index (κ2) is 7.77. The summed E-state index contributed by atoms with van der Waals surface area (Å²) in [4.78, 5) is 12.3. The minimum Gasteiger partial charge on any atom is -0.468 e. The second-order valence-electron chi connectivity index (χ2n) is 6.09. The number of sulfonamides is 1. The number of furan rings is 1. The topological polar surface area (TPSA) is 85.6 Å². The van der Waals surface area contributed by atoms with Crippen molar-refractivity contribution in [2.75, 3.05) is 0 Å². The molecule has 0 aliphatic carbocycles. The van der Waals surface area contributed by atoms with Gasteiger partial charge in [0.15, 0.2) is 0 Å². The molecular formula is C20H19NO5S. The molecule has 0 aliphatic heterocycles. The van der Waals surface area contributed by atoms with Crippen LogP contribution in [-0.2, 0) is 16.6 Å². The molecule has 0 amide bonds. The standard InChI is InChI=1S/C20H19NO5S/c1-14-5-10-19(15(2)12-14)26-20(22)16-6-8-18(9-7-16)27(23,24)21-13-17-4-3-11-25-17/h3-12,21H,13H2,1-2H3. The van der Waals surface area contributed by atoms with Gasteiger partial charge in [-0.2, -0.15) is 0 Å². The number of ether oxygens (including phenoxy) is 1. The van der Waals surface area contributed by atoms with Gasteiger partial charge in [0.1, 0.15) is 11.5 Å². The summed E-state index contributed by atoms with van der Waals surface area (Å²) in [5.74, 6) is 0.434. The van der Waals surface area contributed by atoms with Crippen LogP contribution in [0.25, 0.3) is 0 Å². The molecule has 7 heteroatoms. The van der Waals surface area contributed by atoms with Crippen molar-refractivity contribution in [2.45, 2.75) is 25.3 Å². The number of benzene rings is 2. The van der Waals surface area contributed by atoms with Crippen molar-refractivity contribution in [3.63, 3.8) is 0 Å². The Labute approximate surface area is 157 Å². The molecule has 1 aromatic heterocycles. The van der Waals surface area contributed by atoms with E-state index in [2.05, 4.69) is 4.72 Å². The van der Waals surface area contributed by atoms with Crippen LogP contribution >= 0.6 is 0 Å². The van der Waals surface area contributed by atoms with Crippen LogP contribution in [0.4, 0.5) is 0 Å². The first-order valence-electron chi connectivity index (χ1n) is 8.27. The molecule has 3 rings (SSSR count). The number of hydrogen-bond donors (Lipinski definition) is 1. The second-order valence-corrected chi connectivity index (χ2v) is 7.85. The van der Waals surface area contributed by atoms with Crippen LogP contribution in [0.5, 0.6) is 5.75 Å². The quantitative estimate of drug-likeness (QED) is 0.518. The molecule has 0 unspecified atom stereocenters. The molecule has 0 saturated heterocycles. The first-order valence-corrected chi connectivity index (χ1v) is 9.75. The predicted molar refractivity (Wildman–Crippen MR) is 100 cm³/mol. The fourth-order valence-corrected chi connectivity index (χ4v) is 3.50. The van der Waals surface area contributed by atoms with Crippen LogP contribution in [0.2, 0.25) is 0 Å². The van der Waals surface area contributed by atoms with E-state index in [0.29, 0.717) is 11.5 Å². The lowest BCUT2D eigenvalue weighted by Gasteiger charge is -2.09. The SMILES string of the molecule is Cc1ccc(OC(=O)c2ccc(S(=O)(=O)NCc3ccco3)cc2)c(C)c1. The summed E-state index contributed by atoms with van der Waals surface area (Å²) >= 11 is 0. The van der Waals surface area contributed by atoms with Gasteiger partial charge in [0.2, 0.25) is 10.0 Å². The summed E-state index contributed by atoms with van der Waals surface area (Å²) in [6.07, 6.45) is 1.47. The summed E-state index contributed by atoms with van der Waals surface area (Å²) < 4.78 is 37.5. The molecule has 0 spiro atoms. The van der Waals surface area contributed by atoms with Gasteiger partial charge < -0.3 is 9.15 Å². The fraction of sp³-hybridized carbons (Fsp3) is 0.150. The molecular weight excluding hydrogens is 366 g/mol. The lowest BCUT2D eigenvalue weighted by molar-refractivity contribution is 0.0733. The predicted octanol–water partition coefficient (Wildman–Crippen LogP) is 3.59. The van der Waals surface area contributed by atoms with E-state index in [-0.39, 0.29) is 17.0 Å². The third kappa shape index (κ3) is 4.64. The van der Waals surface area contributed by atoms with Crippen LogP contribution in [0.3, 0.4) is 0 Å². The molecule has 140 valence electrons. The van der Waals surface area contributed by atoms with E-state index in [4.69, 9.17) is 9.15 Å². The molecule has 27 heavy (non-hydrogen) atoms. The Morgan fingerprint density at radius 3 is 2.44 bits per heavy atom. The van der Waals surface area contributed by atoms with Crippen LogP contribution in [0.1, 0.15) is 27.2 Å². The highest BCUT2D eigenvalue weighted by molar-refractivity contribution is 7.89.